The van der Waals surface area contributed by atoms with Crippen LogP contribution in [-0.2, 0) is 163 Å². The number of ether oxygens (including phenoxy) is 6. The number of nitrogens with zero attached hydrogens (tertiary/aromatic N) is 3. The summed E-state index contributed by atoms with van der Waals surface area (Å²) in [5.41, 5.74) is 0. The van der Waals surface area contributed by atoms with Gasteiger partial charge in [-0.25, -0.2) is 0 Å². The Kier molecular flexibility index (Phi) is 61.1. The fourth-order valence-electron chi connectivity index (χ4n) is 3.14. The molecule has 2 N–H and O–H groups in total. The van der Waals surface area contributed by atoms with Crippen LogP contribution in [-0.4, -0.2) is 126 Å². The Morgan fingerprint density at radius 3 is 1.12 bits per heavy atom. The Bertz CT molecular complexity index is 1330. The van der Waals surface area contributed by atoms with Gasteiger partial charge in [-0.2, -0.15) is 0 Å². The van der Waals surface area contributed by atoms with Crippen molar-refractivity contribution in [3.63, 3.8) is 0 Å². The predicted octanol–water partition coefficient (Wildman–Crippen LogP) is -7.69. The average molecular weight is 1100 g/mol. The van der Waals surface area contributed by atoms with Crippen molar-refractivity contribution in [3.05, 3.63) is 30.3 Å². The van der Waals surface area contributed by atoms with Crippen LogP contribution in [0.2, 0.25) is 0 Å². The Morgan fingerprint density at radius 2 is 1.00 bits per heavy atom. The van der Waals surface area contributed by atoms with Crippen LogP contribution in [0.25, 0.3) is 0 Å². The maximum Gasteiger partial charge on any atom is 1.00 e. The zero-order chi connectivity index (χ0) is 44.3. The molecule has 3 aliphatic heterocycles. The van der Waals surface area contributed by atoms with Crippen LogP contribution in [0.3, 0.4) is 0 Å². The molecule has 3 saturated heterocycles. The molecule has 3 aliphatic rings. The van der Waals surface area contributed by atoms with Crippen LogP contribution in [0, 0.1) is 30.3 Å². The minimum Gasteiger partial charge on any atom is -1.00 e. The number of hydrogen-bond acceptors (Lipinski definition) is 24. The molecule has 0 aromatic rings. The van der Waals surface area contributed by atoms with Gasteiger partial charge in [0.25, 0.3) is 6.47 Å². The third-order valence-corrected chi connectivity index (χ3v) is 11.6. The number of aliphatic hydroxyl groups is 2. The van der Waals surface area contributed by atoms with Crippen LogP contribution in [0.4, 0.5) is 0 Å². The summed E-state index contributed by atoms with van der Waals surface area (Å²) in [5.74, 6) is -2.06. The van der Waals surface area contributed by atoms with Gasteiger partial charge in [0.2, 0.25) is 13.1 Å². The molecule has 326 valence electrons. The van der Waals surface area contributed by atoms with E-state index < -0.39 is 69.6 Å². The van der Waals surface area contributed by atoms with Crippen molar-refractivity contribution in [2.24, 2.45) is 0 Å². The predicted molar refractivity (Wildman–Crippen MR) is 226 cm³/mol. The van der Waals surface area contributed by atoms with Crippen LogP contribution >= 0.6 is 0 Å². The minimum absolute atomic E-state index is 0. The Balaban J connectivity index is -0.0000000867. The first-order valence-electron chi connectivity index (χ1n) is 13.9. The molecule has 5 atom stereocenters. The van der Waals surface area contributed by atoms with Crippen LogP contribution in [0.15, 0.2) is 0 Å². The zero-order valence-electron chi connectivity index (χ0n) is 32.7. The summed E-state index contributed by atoms with van der Waals surface area (Å²) in [6, 6.07) is 0. The number of hydrogen-bond donors (Lipinski definition) is 2. The second kappa shape index (κ2) is 46.9. The molecule has 0 radical (unpaired) electrons. The Labute approximate surface area is 462 Å². The van der Waals surface area contributed by atoms with Gasteiger partial charge in [-0.1, -0.05) is 0 Å². The van der Waals surface area contributed by atoms with E-state index in [0.717, 1.165) is 22.2 Å². The fraction of sp³-hybridized carbons (Fsp3) is 0.909. The van der Waals surface area contributed by atoms with Gasteiger partial charge in [0.15, 0.2) is 30.7 Å². The molecule has 3 heterocycles. The van der Waals surface area contributed by atoms with Crippen molar-refractivity contribution in [2.75, 3.05) is 40.0 Å². The summed E-state index contributed by atoms with van der Waals surface area (Å²) in [5, 5.41) is 56.0. The number of aldehydes is 1. The molecule has 0 aliphatic carbocycles. The van der Waals surface area contributed by atoms with E-state index in [1.165, 1.54) is 44.4 Å². The maximum atomic E-state index is 10.1. The molecule has 0 bridgehead atoms. The van der Waals surface area contributed by atoms with Gasteiger partial charge >= 0.3 is 103 Å². The van der Waals surface area contributed by atoms with E-state index in [2.05, 4.69) is 72.0 Å². The van der Waals surface area contributed by atoms with E-state index in [9.17, 15) is 35.2 Å². The van der Waals surface area contributed by atoms with Crippen molar-refractivity contribution < 1.29 is 177 Å². The second-order valence-corrected chi connectivity index (χ2v) is 21.1. The van der Waals surface area contributed by atoms with E-state index in [1.807, 2.05) is 0 Å². The maximum absolute atomic E-state index is 10.1. The molecule has 0 amide bonds. The first-order chi connectivity index (χ1) is 25.3. The molecule has 35 heteroatoms. The molecular formula is C22H41K2N3O18S12. The van der Waals surface area contributed by atoms with Crippen LogP contribution in [0.1, 0.15) is 43.0 Å². The van der Waals surface area contributed by atoms with Gasteiger partial charge in [-0.15, -0.1) is 0 Å². The van der Waals surface area contributed by atoms with E-state index >= 15 is 0 Å². The number of aliphatic hydroxyl groups excluding tert-OH is 2. The molecular weight excluding hydrogens is 1060 g/mol. The Hall–Kier alpha value is 2.89. The summed E-state index contributed by atoms with van der Waals surface area (Å²) >= 11 is 25.8. The molecule has 0 unspecified atom stereocenters. The van der Waals surface area contributed by atoms with Crippen molar-refractivity contribution in [1.82, 2.24) is 0 Å². The number of rotatable bonds is 8. The van der Waals surface area contributed by atoms with Crippen molar-refractivity contribution in [1.29, 1.82) is 0 Å². The van der Waals surface area contributed by atoms with Gasteiger partial charge in [0.05, 0.1) is 19.8 Å². The molecule has 0 aromatic heterocycles. The number of nitro groups is 3. The normalized spacial score (nSPS) is 20.1. The number of carbonyl (C=O) groups is 2. The Morgan fingerprint density at radius 1 is 0.719 bits per heavy atom. The molecule has 57 heavy (non-hydrogen) atoms. The third kappa shape index (κ3) is 56.9. The largest absolute Gasteiger partial charge is 1.00 e. The quantitative estimate of drug-likeness (QED) is 0.0750. The molecule has 21 nitrogen and oxygen atoms in total. The smallest absolute Gasteiger partial charge is 1.00 e. The van der Waals surface area contributed by atoms with Gasteiger partial charge in [0.1, 0.15) is 30.5 Å². The van der Waals surface area contributed by atoms with Crippen molar-refractivity contribution in [3.8, 4) is 0 Å². The monoisotopic (exact) mass is 1100 g/mol. The molecule has 0 aromatic carbocycles. The molecule has 3 fully saturated rings. The van der Waals surface area contributed by atoms with Crippen molar-refractivity contribution in [2.45, 2.75) is 89.4 Å². The SMILES string of the molecule is CC1(C)OC[C@H](C=O)O1.CC1(C)OC[C@H]([C@@H](O)C[N+](=O)[O-])O1.CC1(C)OC[C@H]([C@H](O)C[N+](=O)[O-])O1.C[N+](=O)[O-].O=CO[O-].S=S=S.S=S=S=S.S=S=S=S=S.[H-].[K+].[K+]. The minimum atomic E-state index is -1.10. The van der Waals surface area contributed by atoms with E-state index in [0.29, 0.717) is 6.61 Å². The average Bonchev–Trinajstić information content (AvgIpc) is 3.76. The molecule has 3 rings (SSSR count). The molecule has 0 spiro atoms. The summed E-state index contributed by atoms with van der Waals surface area (Å²) in [6.07, 6.45) is -3.00. The van der Waals surface area contributed by atoms with E-state index in [4.69, 9.17) is 48.6 Å². The fourth-order valence-corrected chi connectivity index (χ4v) is 5.89. The van der Waals surface area contributed by atoms with Gasteiger partial charge in [-0.05, 0) is 41.5 Å². The van der Waals surface area contributed by atoms with Gasteiger partial charge < -0.3 is 55.0 Å². The molecule has 0 saturated carbocycles. The van der Waals surface area contributed by atoms with Crippen LogP contribution < -0.4 is 108 Å². The van der Waals surface area contributed by atoms with Crippen molar-refractivity contribution >= 4 is 133 Å². The van der Waals surface area contributed by atoms with Gasteiger partial charge in [0, 0.05) is 135 Å². The summed E-state index contributed by atoms with van der Waals surface area (Å²) in [6.45, 7) is 9.96. The second-order valence-electron chi connectivity index (χ2n) is 10.4. The third-order valence-electron chi connectivity index (χ3n) is 4.90. The topological polar surface area (TPSA) is 292 Å². The summed E-state index contributed by atoms with van der Waals surface area (Å²) < 4.78 is 31.0. The van der Waals surface area contributed by atoms with Gasteiger partial charge in [-0.3, -0.25) is 35.1 Å². The summed E-state index contributed by atoms with van der Waals surface area (Å²) in [4.78, 5) is 48.7. The first-order valence-corrected chi connectivity index (χ1v) is 25.9. The van der Waals surface area contributed by atoms with E-state index in [1.54, 1.807) is 41.5 Å². The first kappa shape index (κ1) is 74.3. The van der Waals surface area contributed by atoms with E-state index in [-0.39, 0.29) is 130 Å². The summed E-state index contributed by atoms with van der Waals surface area (Å²) in [7, 11) is 8.09. The van der Waals surface area contributed by atoms with Crippen LogP contribution in [0.5, 0.6) is 0 Å². The zero-order valence-corrected chi connectivity index (χ0v) is 47.8. The number of carbonyl (C=O) groups excluding carboxylic acids is 2. The standard InChI is InChI=1S/2C7H13NO5.C6H10O3.CH3NO2.CH2O3.2K.S5.S4.S3.H/c2*1-7(2)12-4-6(13-7)5(9)3-8(10)11;1-6(2)8-4-5(3-7)9-6;1-2(3)4;2-1-4-3;;;1-3-5-4-2;1-3-4-2;1-3-2;/h2*5-6,9H,3-4H2,1-2H3;3,5H,4H2,1-2H3;1H3;1,3H;;;;;;/q;;;;;2*+1;;;;-1/p-1/t5-,6+;5-,6-;5-;;;;;;;;/m010......../s1.